The molecule has 0 saturated heterocycles. The molecular formula is C19H22BrNO3S. The number of hydrogen-bond acceptors (Lipinski definition) is 3. The first kappa shape index (κ1) is 18.4. The maximum absolute atomic E-state index is 12.8. The molecule has 0 aliphatic carbocycles. The van der Waals surface area contributed by atoms with Crippen molar-refractivity contribution in [3.8, 4) is 5.75 Å². The van der Waals surface area contributed by atoms with Crippen LogP contribution in [0.2, 0.25) is 0 Å². The van der Waals surface area contributed by atoms with Gasteiger partial charge in [0.15, 0.2) is 0 Å². The van der Waals surface area contributed by atoms with Gasteiger partial charge in [-0.25, -0.2) is 13.1 Å². The summed E-state index contributed by atoms with van der Waals surface area (Å²) in [4.78, 5) is 0.262. The Morgan fingerprint density at radius 3 is 2.40 bits per heavy atom. The Hall–Kier alpha value is -1.37. The molecule has 1 N–H and O–H groups in total. The summed E-state index contributed by atoms with van der Waals surface area (Å²) in [6, 6.07) is 14.0. The van der Waals surface area contributed by atoms with E-state index in [1.165, 1.54) is 0 Å². The molecule has 1 aliphatic heterocycles. The Morgan fingerprint density at radius 1 is 1.12 bits per heavy atom. The normalized spacial score (nSPS) is 19.1. The molecule has 0 radical (unpaired) electrons. The van der Waals surface area contributed by atoms with Crippen molar-refractivity contribution in [3.05, 3.63) is 58.6 Å². The van der Waals surface area contributed by atoms with E-state index in [4.69, 9.17) is 4.74 Å². The zero-order valence-corrected chi connectivity index (χ0v) is 16.7. The minimum absolute atomic E-state index is 0.262. The summed E-state index contributed by atoms with van der Waals surface area (Å²) in [6.07, 6.45) is 2.27. The van der Waals surface area contributed by atoms with Crippen LogP contribution in [0.15, 0.2) is 57.9 Å². The molecule has 1 atom stereocenters. The molecule has 0 amide bonds. The van der Waals surface area contributed by atoms with E-state index in [1.807, 2.05) is 24.3 Å². The van der Waals surface area contributed by atoms with Crippen LogP contribution in [-0.4, -0.2) is 14.0 Å². The van der Waals surface area contributed by atoms with E-state index in [2.05, 4.69) is 34.5 Å². The predicted octanol–water partition coefficient (Wildman–Crippen LogP) is 4.81. The van der Waals surface area contributed by atoms with Crippen molar-refractivity contribution in [2.45, 2.75) is 49.6 Å². The zero-order valence-electron chi connectivity index (χ0n) is 14.3. The third-order valence-electron chi connectivity index (χ3n) is 4.91. The Labute approximate surface area is 157 Å². The molecule has 0 bridgehead atoms. The van der Waals surface area contributed by atoms with Crippen LogP contribution in [0.4, 0.5) is 0 Å². The van der Waals surface area contributed by atoms with Crippen LogP contribution < -0.4 is 9.46 Å². The van der Waals surface area contributed by atoms with Crippen LogP contribution in [0.5, 0.6) is 5.75 Å². The Kier molecular flexibility index (Phi) is 5.23. The lowest BCUT2D eigenvalue weighted by Gasteiger charge is -2.41. The Bertz CT molecular complexity index is 845. The van der Waals surface area contributed by atoms with Crippen LogP contribution in [0.25, 0.3) is 0 Å². The maximum atomic E-state index is 12.8. The monoisotopic (exact) mass is 423 g/mol. The Morgan fingerprint density at radius 2 is 1.76 bits per heavy atom. The lowest BCUT2D eigenvalue weighted by atomic mass is 9.84. The Balaban J connectivity index is 1.96. The lowest BCUT2D eigenvalue weighted by molar-refractivity contribution is 0.0260. The van der Waals surface area contributed by atoms with E-state index in [0.717, 1.165) is 28.6 Å². The van der Waals surface area contributed by atoms with Crippen molar-refractivity contribution < 1.29 is 13.2 Å². The summed E-state index contributed by atoms with van der Waals surface area (Å²) < 4.78 is 35.7. The molecule has 2 aromatic rings. The first-order chi connectivity index (χ1) is 11.9. The van der Waals surface area contributed by atoms with Crippen molar-refractivity contribution in [2.75, 3.05) is 0 Å². The smallest absolute Gasteiger partial charge is 0.241 e. The van der Waals surface area contributed by atoms with E-state index < -0.39 is 10.0 Å². The van der Waals surface area contributed by atoms with Gasteiger partial charge >= 0.3 is 0 Å². The minimum Gasteiger partial charge on any atom is -0.487 e. The number of sulfonamides is 1. The van der Waals surface area contributed by atoms with Gasteiger partial charge in [-0.3, -0.25) is 0 Å². The fourth-order valence-corrected chi connectivity index (χ4v) is 4.76. The van der Waals surface area contributed by atoms with Gasteiger partial charge in [-0.15, -0.1) is 0 Å². The van der Waals surface area contributed by atoms with Gasteiger partial charge in [-0.2, -0.15) is 0 Å². The maximum Gasteiger partial charge on any atom is 0.241 e. The fraction of sp³-hybridized carbons (Fsp3) is 0.368. The number of fused-ring (bicyclic) bond motifs is 1. The summed E-state index contributed by atoms with van der Waals surface area (Å²) in [5, 5.41) is 0. The predicted molar refractivity (Wildman–Crippen MR) is 102 cm³/mol. The average Bonchev–Trinajstić information content (AvgIpc) is 2.61. The topological polar surface area (TPSA) is 55.4 Å². The molecule has 0 unspecified atom stereocenters. The third kappa shape index (κ3) is 3.76. The number of ether oxygens (including phenoxy) is 1. The van der Waals surface area contributed by atoms with Crippen LogP contribution in [-0.2, 0) is 10.0 Å². The highest BCUT2D eigenvalue weighted by Crippen LogP contribution is 2.43. The summed E-state index contributed by atoms with van der Waals surface area (Å²) in [5.41, 5.74) is 0.544. The molecule has 0 fully saturated rings. The number of benzene rings is 2. The second-order valence-corrected chi connectivity index (χ2v) is 8.99. The number of rotatable bonds is 5. The summed E-state index contributed by atoms with van der Waals surface area (Å²) >= 11 is 3.33. The second kappa shape index (κ2) is 7.09. The van der Waals surface area contributed by atoms with Gasteiger partial charge < -0.3 is 4.74 Å². The molecular weight excluding hydrogens is 402 g/mol. The van der Waals surface area contributed by atoms with Crippen LogP contribution >= 0.6 is 15.9 Å². The van der Waals surface area contributed by atoms with Gasteiger partial charge in [0.2, 0.25) is 10.0 Å². The summed E-state index contributed by atoms with van der Waals surface area (Å²) in [5.74, 6) is 0.765. The zero-order chi connectivity index (χ0) is 18.1. The van der Waals surface area contributed by atoms with E-state index >= 15 is 0 Å². The molecule has 4 nitrogen and oxygen atoms in total. The number of nitrogens with one attached hydrogen (secondary N) is 1. The van der Waals surface area contributed by atoms with Crippen molar-refractivity contribution in [2.24, 2.45) is 0 Å². The second-order valence-electron chi connectivity index (χ2n) is 6.36. The average molecular weight is 424 g/mol. The molecule has 3 rings (SSSR count). The van der Waals surface area contributed by atoms with Gasteiger partial charge in [0, 0.05) is 16.5 Å². The van der Waals surface area contributed by atoms with Crippen molar-refractivity contribution >= 4 is 26.0 Å². The van der Waals surface area contributed by atoms with Crippen molar-refractivity contribution in [3.63, 3.8) is 0 Å². The fourth-order valence-electron chi connectivity index (χ4n) is 3.28. The standard InChI is InChI=1S/C19H22BrNO3S/c1-3-19(4-2)13-17(16-7-5-6-8-18(16)24-19)21-25(22,23)15-11-9-14(20)10-12-15/h5-12,17,21H,3-4,13H2,1-2H3/t17-/m1/s1. The van der Waals surface area contributed by atoms with Gasteiger partial charge in [0.25, 0.3) is 0 Å². The summed E-state index contributed by atoms with van der Waals surface area (Å²) in [6.45, 7) is 4.16. The van der Waals surface area contributed by atoms with Crippen LogP contribution in [0, 0.1) is 0 Å². The molecule has 0 saturated carbocycles. The third-order valence-corrected chi connectivity index (χ3v) is 6.92. The van der Waals surface area contributed by atoms with Crippen LogP contribution in [0.3, 0.4) is 0 Å². The minimum atomic E-state index is -3.61. The highest BCUT2D eigenvalue weighted by molar-refractivity contribution is 9.10. The molecule has 2 aromatic carbocycles. The number of hydrogen-bond donors (Lipinski definition) is 1. The van der Waals surface area contributed by atoms with Gasteiger partial charge in [0.05, 0.1) is 10.9 Å². The van der Waals surface area contributed by atoms with Crippen molar-refractivity contribution in [1.29, 1.82) is 0 Å². The number of halogens is 1. The quantitative estimate of drug-likeness (QED) is 0.750. The first-order valence-electron chi connectivity index (χ1n) is 8.45. The van der Waals surface area contributed by atoms with E-state index in [0.29, 0.717) is 6.42 Å². The van der Waals surface area contributed by atoms with Gasteiger partial charge in [-0.05, 0) is 43.2 Å². The SMILES string of the molecule is CCC1(CC)C[C@@H](NS(=O)(=O)c2ccc(Br)cc2)c2ccccc2O1. The number of para-hydroxylation sites is 1. The molecule has 25 heavy (non-hydrogen) atoms. The van der Waals surface area contributed by atoms with Crippen molar-refractivity contribution in [1.82, 2.24) is 4.72 Å². The van der Waals surface area contributed by atoms with Gasteiger partial charge in [-0.1, -0.05) is 48.0 Å². The molecule has 6 heteroatoms. The van der Waals surface area contributed by atoms with E-state index in [-0.39, 0.29) is 16.5 Å². The van der Waals surface area contributed by atoms with Gasteiger partial charge in [0.1, 0.15) is 11.4 Å². The van der Waals surface area contributed by atoms with E-state index in [9.17, 15) is 8.42 Å². The highest BCUT2D eigenvalue weighted by atomic mass is 79.9. The largest absolute Gasteiger partial charge is 0.487 e. The summed E-state index contributed by atoms with van der Waals surface area (Å²) in [7, 11) is -3.61. The lowest BCUT2D eigenvalue weighted by Crippen LogP contribution is -2.44. The molecule has 0 spiro atoms. The molecule has 1 heterocycles. The highest BCUT2D eigenvalue weighted by Gasteiger charge is 2.39. The molecule has 134 valence electrons. The molecule has 1 aliphatic rings. The first-order valence-corrected chi connectivity index (χ1v) is 10.7. The van der Waals surface area contributed by atoms with E-state index in [1.54, 1.807) is 24.3 Å². The van der Waals surface area contributed by atoms with Crippen LogP contribution in [0.1, 0.15) is 44.7 Å². The molecule has 0 aromatic heterocycles.